The number of nitrogens with zero attached hydrogens (tertiary/aromatic N) is 4. The molecule has 0 aliphatic carbocycles. The van der Waals surface area contributed by atoms with Crippen LogP contribution in [0.2, 0.25) is 0 Å². The van der Waals surface area contributed by atoms with Gasteiger partial charge in [-0.1, -0.05) is 127 Å². The summed E-state index contributed by atoms with van der Waals surface area (Å²) in [6.45, 7) is 4.08. The molecule has 0 spiro atoms. The summed E-state index contributed by atoms with van der Waals surface area (Å²) < 4.78 is 0. The highest BCUT2D eigenvalue weighted by Gasteiger charge is 2.42. The standard InChI is InChI=1S/C49H35BN4/c1-2-15-38-33-43(35-16-5-3-6-17-35)52-49(51-38)37-19-13-18-36(32-37)34-28-30-40(31-29-34)54-45-25-12-10-23-42(45)50-41-22-9-11-24-44(41)53(39-20-7-4-8-21-39)46-26-14-27-47(54)48(46)50/h2-14,16-33H,1,15H2. The molecule has 10 rings (SSSR count). The maximum atomic E-state index is 5.02. The number of para-hydroxylation sites is 3. The summed E-state index contributed by atoms with van der Waals surface area (Å²) in [5, 5.41) is 0. The number of aromatic nitrogens is 2. The number of hydrogen-bond donors (Lipinski definition) is 0. The van der Waals surface area contributed by atoms with Crippen molar-refractivity contribution in [3.63, 3.8) is 0 Å². The normalized spacial score (nSPS) is 12.5. The van der Waals surface area contributed by atoms with Crippen molar-refractivity contribution in [2.45, 2.75) is 6.42 Å². The summed E-state index contributed by atoms with van der Waals surface area (Å²) in [6.07, 6.45) is 2.57. The molecule has 0 saturated carbocycles. The highest BCUT2D eigenvalue weighted by molar-refractivity contribution is 7.00. The molecule has 0 atom stereocenters. The van der Waals surface area contributed by atoms with Crippen LogP contribution in [-0.2, 0) is 6.42 Å². The first kappa shape index (κ1) is 31.7. The van der Waals surface area contributed by atoms with Crippen molar-refractivity contribution < 1.29 is 0 Å². The molecule has 0 unspecified atom stereocenters. The van der Waals surface area contributed by atoms with Gasteiger partial charge in [-0.2, -0.15) is 0 Å². The highest BCUT2D eigenvalue weighted by atomic mass is 15.2. The average molecular weight is 691 g/mol. The van der Waals surface area contributed by atoms with Crippen LogP contribution in [-0.4, -0.2) is 16.7 Å². The molecule has 7 aromatic carbocycles. The number of benzene rings is 7. The molecule has 0 fully saturated rings. The van der Waals surface area contributed by atoms with Crippen LogP contribution in [0.1, 0.15) is 5.69 Å². The van der Waals surface area contributed by atoms with Gasteiger partial charge in [-0.05, 0) is 88.2 Å². The molecule has 0 N–H and O–H groups in total. The number of allylic oxidation sites excluding steroid dienone is 1. The van der Waals surface area contributed by atoms with Crippen molar-refractivity contribution in [3.8, 4) is 33.8 Å². The van der Waals surface area contributed by atoms with Gasteiger partial charge >= 0.3 is 0 Å². The molecule has 8 aromatic rings. The first-order chi connectivity index (χ1) is 26.7. The van der Waals surface area contributed by atoms with E-state index in [1.54, 1.807) is 0 Å². The maximum Gasteiger partial charge on any atom is 0.252 e. The lowest BCUT2D eigenvalue weighted by molar-refractivity contribution is 1.06. The molecule has 254 valence electrons. The summed E-state index contributed by atoms with van der Waals surface area (Å²) in [4.78, 5) is 14.8. The number of hydrogen-bond acceptors (Lipinski definition) is 4. The second kappa shape index (κ2) is 13.2. The third-order valence-corrected chi connectivity index (χ3v) is 10.6. The van der Waals surface area contributed by atoms with E-state index < -0.39 is 0 Å². The van der Waals surface area contributed by atoms with E-state index in [2.05, 4.69) is 180 Å². The van der Waals surface area contributed by atoms with Gasteiger partial charge in [0.25, 0.3) is 6.71 Å². The molecule has 5 heteroatoms. The van der Waals surface area contributed by atoms with Crippen molar-refractivity contribution in [1.82, 2.24) is 9.97 Å². The summed E-state index contributed by atoms with van der Waals surface area (Å²) in [5.74, 6) is 0.714. The maximum absolute atomic E-state index is 5.02. The van der Waals surface area contributed by atoms with Crippen LogP contribution in [0.25, 0.3) is 33.8 Å². The van der Waals surface area contributed by atoms with Crippen LogP contribution >= 0.6 is 0 Å². The van der Waals surface area contributed by atoms with Crippen LogP contribution < -0.4 is 26.2 Å². The van der Waals surface area contributed by atoms with Gasteiger partial charge in [-0.3, -0.25) is 0 Å². The van der Waals surface area contributed by atoms with Crippen molar-refractivity contribution in [2.75, 3.05) is 9.80 Å². The summed E-state index contributed by atoms with van der Waals surface area (Å²) in [5.41, 5.74) is 17.2. The van der Waals surface area contributed by atoms with E-state index in [0.717, 1.165) is 45.0 Å². The molecule has 0 bridgehead atoms. The summed E-state index contributed by atoms with van der Waals surface area (Å²) in [7, 11) is 0. The largest absolute Gasteiger partial charge is 0.311 e. The SMILES string of the molecule is C=CCc1cc(-c2ccccc2)nc(-c2cccc(-c3ccc(N4c5ccccc5B5c6ccccc6N(c6ccccc6)c6cccc4c65)cc3)c2)n1. The van der Waals surface area contributed by atoms with E-state index in [-0.39, 0.29) is 6.71 Å². The van der Waals surface area contributed by atoms with Gasteiger partial charge in [0.1, 0.15) is 0 Å². The average Bonchev–Trinajstić information content (AvgIpc) is 3.24. The number of rotatable bonds is 7. The van der Waals surface area contributed by atoms with Gasteiger partial charge in [-0.15, -0.1) is 6.58 Å². The fourth-order valence-electron chi connectivity index (χ4n) is 8.25. The third-order valence-electron chi connectivity index (χ3n) is 10.6. The van der Waals surface area contributed by atoms with E-state index in [1.807, 2.05) is 24.3 Å². The molecule has 1 aromatic heterocycles. The predicted molar refractivity (Wildman–Crippen MR) is 226 cm³/mol. The predicted octanol–water partition coefficient (Wildman–Crippen LogP) is 10.3. The Morgan fingerprint density at radius 3 is 1.67 bits per heavy atom. The van der Waals surface area contributed by atoms with Crippen molar-refractivity contribution >= 4 is 57.2 Å². The smallest absolute Gasteiger partial charge is 0.252 e. The minimum absolute atomic E-state index is 0.122. The van der Waals surface area contributed by atoms with E-state index in [9.17, 15) is 0 Å². The topological polar surface area (TPSA) is 32.3 Å². The zero-order chi connectivity index (χ0) is 36.0. The molecule has 2 aliphatic rings. The fraction of sp³-hybridized carbons (Fsp3) is 0.0204. The van der Waals surface area contributed by atoms with Gasteiger partial charge in [0.05, 0.1) is 5.69 Å². The van der Waals surface area contributed by atoms with E-state index in [4.69, 9.17) is 9.97 Å². The van der Waals surface area contributed by atoms with Gasteiger partial charge in [0.15, 0.2) is 5.82 Å². The lowest BCUT2D eigenvalue weighted by atomic mass is 9.33. The third kappa shape index (κ3) is 5.32. The van der Waals surface area contributed by atoms with Crippen LogP contribution in [0, 0.1) is 0 Å². The first-order valence-electron chi connectivity index (χ1n) is 18.5. The molecule has 0 radical (unpaired) electrons. The van der Waals surface area contributed by atoms with Crippen LogP contribution in [0.4, 0.5) is 34.1 Å². The molecule has 3 heterocycles. The van der Waals surface area contributed by atoms with Crippen LogP contribution in [0.5, 0.6) is 0 Å². The lowest BCUT2D eigenvalue weighted by Crippen LogP contribution is -2.61. The zero-order valence-electron chi connectivity index (χ0n) is 29.7. The van der Waals surface area contributed by atoms with Gasteiger partial charge in [0, 0.05) is 57.4 Å². The Kier molecular flexibility index (Phi) is 7.77. The molecule has 0 amide bonds. The van der Waals surface area contributed by atoms with E-state index in [0.29, 0.717) is 12.2 Å². The second-order valence-corrected chi connectivity index (χ2v) is 13.8. The first-order valence-corrected chi connectivity index (χ1v) is 18.5. The van der Waals surface area contributed by atoms with Gasteiger partial charge in [0.2, 0.25) is 0 Å². The molecular weight excluding hydrogens is 655 g/mol. The molecule has 4 nitrogen and oxygen atoms in total. The number of anilines is 6. The summed E-state index contributed by atoms with van der Waals surface area (Å²) >= 11 is 0. The Balaban J connectivity index is 1.06. The van der Waals surface area contributed by atoms with E-state index in [1.165, 1.54) is 39.1 Å². The van der Waals surface area contributed by atoms with Crippen molar-refractivity contribution in [2.24, 2.45) is 0 Å². The van der Waals surface area contributed by atoms with Gasteiger partial charge in [-0.25, -0.2) is 9.97 Å². The molecular formula is C49H35BN4. The Morgan fingerprint density at radius 1 is 0.463 bits per heavy atom. The molecule has 2 aliphatic heterocycles. The van der Waals surface area contributed by atoms with Crippen LogP contribution in [0.15, 0.2) is 195 Å². The van der Waals surface area contributed by atoms with E-state index >= 15 is 0 Å². The van der Waals surface area contributed by atoms with Gasteiger partial charge < -0.3 is 9.80 Å². The second-order valence-electron chi connectivity index (χ2n) is 13.8. The zero-order valence-corrected chi connectivity index (χ0v) is 29.7. The van der Waals surface area contributed by atoms with Crippen molar-refractivity contribution in [1.29, 1.82) is 0 Å². The lowest BCUT2D eigenvalue weighted by Gasteiger charge is -2.44. The minimum Gasteiger partial charge on any atom is -0.311 e. The summed E-state index contributed by atoms with van der Waals surface area (Å²) in [6, 6.07) is 65.1. The Labute approximate surface area is 316 Å². The minimum atomic E-state index is 0.122. The van der Waals surface area contributed by atoms with Crippen LogP contribution in [0.3, 0.4) is 0 Å². The Hall–Kier alpha value is -6.98. The monoisotopic (exact) mass is 690 g/mol. The Bertz CT molecular complexity index is 2670. The Morgan fingerprint density at radius 2 is 1.00 bits per heavy atom. The number of fused-ring (bicyclic) bond motifs is 4. The molecule has 54 heavy (non-hydrogen) atoms. The fourth-order valence-corrected chi connectivity index (χ4v) is 8.25. The highest BCUT2D eigenvalue weighted by Crippen LogP contribution is 2.43. The van der Waals surface area contributed by atoms with Crippen molar-refractivity contribution in [3.05, 3.63) is 200 Å². The molecule has 0 saturated heterocycles. The quantitative estimate of drug-likeness (QED) is 0.123.